The summed E-state index contributed by atoms with van der Waals surface area (Å²) in [6.07, 6.45) is 0. The van der Waals surface area contributed by atoms with Gasteiger partial charge >= 0.3 is 0 Å². The molecule has 0 aliphatic carbocycles. The third-order valence-corrected chi connectivity index (χ3v) is 2.58. The summed E-state index contributed by atoms with van der Waals surface area (Å²) in [6.45, 7) is 9.34. The van der Waals surface area contributed by atoms with Gasteiger partial charge in [0.25, 0.3) is 0 Å². The topological polar surface area (TPSA) is 75.3 Å². The maximum Gasteiger partial charge on any atom is 0.224 e. The van der Waals surface area contributed by atoms with Gasteiger partial charge in [-0.2, -0.15) is 0 Å². The molecule has 4 nitrogen and oxygen atoms in total. The fourth-order valence-corrected chi connectivity index (χ4v) is 0.745. The average molecular weight is 202 g/mol. The molecule has 1 amide bonds. The van der Waals surface area contributed by atoms with Gasteiger partial charge in [0.2, 0.25) is 5.91 Å². The minimum Gasteiger partial charge on any atom is -0.389 e. The molecule has 14 heavy (non-hydrogen) atoms. The summed E-state index contributed by atoms with van der Waals surface area (Å²) in [5.41, 5.74) is 3.84. The van der Waals surface area contributed by atoms with E-state index in [1.807, 2.05) is 6.92 Å². The van der Waals surface area contributed by atoms with Gasteiger partial charge in [0.1, 0.15) is 0 Å². The molecule has 0 fully saturated rings. The Bertz CT molecular complexity index is 207. The molecule has 0 aromatic rings. The highest BCUT2D eigenvalue weighted by atomic mass is 16.3. The maximum atomic E-state index is 11.0. The molecule has 0 aromatic carbocycles. The van der Waals surface area contributed by atoms with Gasteiger partial charge in [-0.25, -0.2) is 0 Å². The summed E-state index contributed by atoms with van der Waals surface area (Å²) in [5.74, 6) is -0.340. The molecule has 0 aliphatic heterocycles. The molecule has 4 N–H and O–H groups in total. The Morgan fingerprint density at radius 2 is 1.86 bits per heavy atom. The molecule has 4 heteroatoms. The quantitative estimate of drug-likeness (QED) is 0.598. The molecule has 1 atom stereocenters. The van der Waals surface area contributed by atoms with Gasteiger partial charge in [-0.05, 0) is 34.6 Å². The molecular formula is C10H22N2O2. The maximum absolute atomic E-state index is 11.0. The van der Waals surface area contributed by atoms with Crippen molar-refractivity contribution in [2.75, 3.05) is 6.54 Å². The molecule has 0 spiro atoms. The Balaban J connectivity index is 4.13. The van der Waals surface area contributed by atoms with Crippen LogP contribution in [0.4, 0.5) is 0 Å². The summed E-state index contributed by atoms with van der Waals surface area (Å²) in [5, 5.41) is 12.7. The number of carbonyl (C=O) groups excluding carboxylic acids is 1. The minimum absolute atomic E-state index is 0.0823. The summed E-state index contributed by atoms with van der Waals surface area (Å²) in [7, 11) is 0. The fourth-order valence-electron chi connectivity index (χ4n) is 0.745. The fraction of sp³-hybridized carbons (Fsp3) is 0.900. The zero-order chi connectivity index (χ0) is 11.6. The van der Waals surface area contributed by atoms with Gasteiger partial charge < -0.3 is 16.2 Å². The van der Waals surface area contributed by atoms with E-state index in [1.54, 1.807) is 27.7 Å². The molecule has 0 aromatic heterocycles. The Labute approximate surface area is 85.9 Å². The van der Waals surface area contributed by atoms with Crippen molar-refractivity contribution in [3.63, 3.8) is 0 Å². The molecule has 0 radical (unpaired) electrons. The van der Waals surface area contributed by atoms with Crippen molar-refractivity contribution in [2.24, 2.45) is 11.1 Å². The zero-order valence-corrected chi connectivity index (χ0v) is 9.72. The van der Waals surface area contributed by atoms with Crippen molar-refractivity contribution in [3.05, 3.63) is 0 Å². The molecular weight excluding hydrogens is 180 g/mol. The lowest BCUT2D eigenvalue weighted by Gasteiger charge is -2.30. The summed E-state index contributed by atoms with van der Waals surface area (Å²) < 4.78 is 0. The van der Waals surface area contributed by atoms with Gasteiger partial charge in [-0.3, -0.25) is 4.79 Å². The lowest BCUT2D eigenvalue weighted by molar-refractivity contribution is -0.126. The first-order valence-corrected chi connectivity index (χ1v) is 4.83. The number of nitrogens with two attached hydrogens (primary N) is 1. The van der Waals surface area contributed by atoms with E-state index in [1.165, 1.54) is 0 Å². The van der Waals surface area contributed by atoms with E-state index in [2.05, 4.69) is 5.32 Å². The second kappa shape index (κ2) is 4.28. The molecule has 0 rings (SSSR count). The second-order valence-electron chi connectivity index (χ2n) is 5.00. The van der Waals surface area contributed by atoms with Crippen molar-refractivity contribution >= 4 is 5.91 Å². The Morgan fingerprint density at radius 3 is 2.14 bits per heavy atom. The third kappa shape index (κ3) is 4.07. The Hall–Kier alpha value is -0.610. The molecule has 84 valence electrons. The van der Waals surface area contributed by atoms with E-state index < -0.39 is 11.0 Å². The predicted molar refractivity (Wildman–Crippen MR) is 56.7 cm³/mol. The summed E-state index contributed by atoms with van der Waals surface area (Å²) in [6, 6.07) is -0.0823. The highest BCUT2D eigenvalue weighted by molar-refractivity contribution is 5.80. The lowest BCUT2D eigenvalue weighted by atomic mass is 9.91. The van der Waals surface area contributed by atoms with E-state index in [4.69, 9.17) is 5.73 Å². The van der Waals surface area contributed by atoms with Crippen LogP contribution in [0.15, 0.2) is 0 Å². The SMILES string of the molecule is CC(NCC(C)(C)C(N)=O)C(C)(C)O. The smallest absolute Gasteiger partial charge is 0.224 e. The number of amides is 1. The van der Waals surface area contributed by atoms with E-state index in [0.29, 0.717) is 6.54 Å². The molecule has 0 saturated heterocycles. The second-order valence-corrected chi connectivity index (χ2v) is 5.00. The normalized spacial score (nSPS) is 15.3. The number of rotatable bonds is 5. The van der Waals surface area contributed by atoms with Gasteiger partial charge in [-0.1, -0.05) is 0 Å². The van der Waals surface area contributed by atoms with Crippen LogP contribution < -0.4 is 11.1 Å². The first-order chi connectivity index (χ1) is 6.07. The number of carbonyl (C=O) groups is 1. The number of primary amides is 1. The van der Waals surface area contributed by atoms with Crippen LogP contribution in [-0.4, -0.2) is 29.2 Å². The molecule has 0 saturated carbocycles. The van der Waals surface area contributed by atoms with E-state index in [0.717, 1.165) is 0 Å². The number of aliphatic hydroxyl groups is 1. The first kappa shape index (κ1) is 13.4. The standard InChI is InChI=1S/C10H22N2O2/c1-7(10(4,5)14)12-6-9(2,3)8(11)13/h7,12,14H,6H2,1-5H3,(H2,11,13). The number of hydrogen-bond donors (Lipinski definition) is 3. The number of hydrogen-bond acceptors (Lipinski definition) is 3. The molecule has 0 bridgehead atoms. The third-order valence-electron chi connectivity index (χ3n) is 2.58. The van der Waals surface area contributed by atoms with Gasteiger partial charge in [0.15, 0.2) is 0 Å². The molecule has 0 aliphatic rings. The average Bonchev–Trinajstić information content (AvgIpc) is 1.98. The largest absolute Gasteiger partial charge is 0.389 e. The van der Waals surface area contributed by atoms with Crippen LogP contribution in [0.2, 0.25) is 0 Å². The lowest BCUT2D eigenvalue weighted by Crippen LogP contribution is -2.50. The van der Waals surface area contributed by atoms with Gasteiger partial charge in [-0.15, -0.1) is 0 Å². The summed E-state index contributed by atoms with van der Waals surface area (Å²) in [4.78, 5) is 11.0. The monoisotopic (exact) mass is 202 g/mol. The van der Waals surface area contributed by atoms with Crippen molar-refractivity contribution in [2.45, 2.75) is 46.3 Å². The minimum atomic E-state index is -0.798. The first-order valence-electron chi connectivity index (χ1n) is 4.83. The van der Waals surface area contributed by atoms with E-state index in [9.17, 15) is 9.90 Å². The highest BCUT2D eigenvalue weighted by Gasteiger charge is 2.28. The van der Waals surface area contributed by atoms with Crippen LogP contribution in [0.5, 0.6) is 0 Å². The van der Waals surface area contributed by atoms with E-state index in [-0.39, 0.29) is 11.9 Å². The van der Waals surface area contributed by atoms with Crippen LogP contribution >= 0.6 is 0 Å². The van der Waals surface area contributed by atoms with Crippen LogP contribution in [0.25, 0.3) is 0 Å². The highest BCUT2D eigenvalue weighted by Crippen LogP contribution is 2.14. The van der Waals surface area contributed by atoms with Crippen molar-refractivity contribution in [3.8, 4) is 0 Å². The zero-order valence-electron chi connectivity index (χ0n) is 9.72. The van der Waals surface area contributed by atoms with Crippen molar-refractivity contribution in [1.82, 2.24) is 5.32 Å². The van der Waals surface area contributed by atoms with Crippen LogP contribution in [0.1, 0.15) is 34.6 Å². The van der Waals surface area contributed by atoms with Crippen molar-refractivity contribution in [1.29, 1.82) is 0 Å². The predicted octanol–water partition coefficient (Wildman–Crippen LogP) is 0.247. The molecule has 0 heterocycles. The Kier molecular flexibility index (Phi) is 4.09. The van der Waals surface area contributed by atoms with Crippen molar-refractivity contribution < 1.29 is 9.90 Å². The number of nitrogens with one attached hydrogen (secondary N) is 1. The molecule has 1 unspecified atom stereocenters. The van der Waals surface area contributed by atoms with Crippen LogP contribution in [0.3, 0.4) is 0 Å². The van der Waals surface area contributed by atoms with Gasteiger partial charge in [0, 0.05) is 12.6 Å². The van der Waals surface area contributed by atoms with Crippen LogP contribution in [0, 0.1) is 5.41 Å². The summed E-state index contributed by atoms with van der Waals surface area (Å²) >= 11 is 0. The van der Waals surface area contributed by atoms with Crippen LogP contribution in [-0.2, 0) is 4.79 Å². The van der Waals surface area contributed by atoms with Gasteiger partial charge in [0.05, 0.1) is 11.0 Å². The van der Waals surface area contributed by atoms with E-state index >= 15 is 0 Å². The Morgan fingerprint density at radius 1 is 1.43 bits per heavy atom.